The molecule has 2 atom stereocenters. The van der Waals surface area contributed by atoms with Crippen molar-refractivity contribution in [3.63, 3.8) is 0 Å². The van der Waals surface area contributed by atoms with E-state index in [9.17, 15) is 0 Å². The Kier molecular flexibility index (Phi) is 1.30. The smallest absolute Gasteiger partial charge is 0.141 e. The van der Waals surface area contributed by atoms with Gasteiger partial charge < -0.3 is 0 Å². The quantitative estimate of drug-likeness (QED) is 0.444. The van der Waals surface area contributed by atoms with Crippen molar-refractivity contribution in [2.75, 3.05) is 0 Å². The number of rotatable bonds is 0. The fourth-order valence-corrected chi connectivity index (χ4v) is 0.519. The Bertz CT molecular complexity index is 55.1. The van der Waals surface area contributed by atoms with E-state index < -0.39 is 0 Å². The molecule has 0 aliphatic carbocycles. The van der Waals surface area contributed by atoms with E-state index in [0.717, 1.165) is 0 Å². The van der Waals surface area contributed by atoms with Crippen molar-refractivity contribution in [3.8, 4) is 0 Å². The highest BCUT2D eigenvalue weighted by Crippen LogP contribution is 1.97. The van der Waals surface area contributed by atoms with Crippen molar-refractivity contribution >= 4 is 0 Å². The van der Waals surface area contributed by atoms with Gasteiger partial charge >= 0.3 is 0 Å². The summed E-state index contributed by atoms with van der Waals surface area (Å²) in [5, 5.41) is 6.02. The van der Waals surface area contributed by atoms with E-state index in [-0.39, 0.29) is 0 Å². The molecule has 0 aromatic carbocycles. The van der Waals surface area contributed by atoms with Gasteiger partial charge in [-0.3, -0.25) is 10.6 Å². The maximum atomic E-state index is 3.01. The van der Waals surface area contributed by atoms with Gasteiger partial charge in [-0.2, -0.15) is 0 Å². The maximum Gasteiger partial charge on any atom is 0.141 e. The largest absolute Gasteiger partial charge is 0.290 e. The Balaban J connectivity index is 2.33. The molecule has 0 spiro atoms. The average molecular weight is 98.1 g/mol. The lowest BCUT2D eigenvalue weighted by Crippen LogP contribution is -2.26. The Morgan fingerprint density at radius 1 is 1.14 bits per heavy atom. The number of nitrogens with one attached hydrogen (secondary N) is 2. The average Bonchev–Trinajstić information content (AvgIpc) is 1.91. The maximum absolute atomic E-state index is 3.01. The zero-order valence-corrected chi connectivity index (χ0v) is 4.65. The molecule has 2 N–H and O–H groups in total. The van der Waals surface area contributed by atoms with Gasteiger partial charge in [0.1, 0.15) is 6.67 Å². The van der Waals surface area contributed by atoms with Crippen molar-refractivity contribution in [3.05, 3.63) is 6.67 Å². The van der Waals surface area contributed by atoms with Gasteiger partial charge in [0.15, 0.2) is 0 Å². The Hall–Kier alpha value is -0.0800. The van der Waals surface area contributed by atoms with Crippen LogP contribution in [0, 0.1) is 6.67 Å². The van der Waals surface area contributed by atoms with Crippen molar-refractivity contribution < 1.29 is 0 Å². The van der Waals surface area contributed by atoms with E-state index in [1.807, 2.05) is 0 Å². The second-order valence-electron chi connectivity index (χ2n) is 1.99. The van der Waals surface area contributed by atoms with E-state index in [4.69, 9.17) is 0 Å². The Morgan fingerprint density at radius 2 is 1.57 bits per heavy atom. The van der Waals surface area contributed by atoms with Crippen LogP contribution in [0.3, 0.4) is 0 Å². The molecule has 40 valence electrons. The van der Waals surface area contributed by atoms with Crippen LogP contribution in [-0.4, -0.2) is 12.1 Å². The fourth-order valence-electron chi connectivity index (χ4n) is 0.519. The summed E-state index contributed by atoms with van der Waals surface area (Å²) in [4.78, 5) is 0. The summed E-state index contributed by atoms with van der Waals surface area (Å²) in [6, 6.07) is 1.08. The first-order chi connectivity index (χ1) is 3.30. The lowest BCUT2D eigenvalue weighted by Gasteiger charge is -2.05. The van der Waals surface area contributed by atoms with E-state index in [2.05, 4.69) is 31.1 Å². The van der Waals surface area contributed by atoms with Crippen molar-refractivity contribution in [1.82, 2.24) is 10.6 Å². The van der Waals surface area contributed by atoms with Gasteiger partial charge in [-0.05, 0) is 13.8 Å². The van der Waals surface area contributed by atoms with Crippen LogP contribution < -0.4 is 10.6 Å². The number of hydrogen-bond acceptors (Lipinski definition) is 2. The highest BCUT2D eigenvalue weighted by molar-refractivity contribution is 4.86. The minimum absolute atomic E-state index is 0.542. The van der Waals surface area contributed by atoms with Gasteiger partial charge in [0.2, 0.25) is 0 Å². The third-order valence-electron chi connectivity index (χ3n) is 1.35. The minimum atomic E-state index is 0.542. The third kappa shape index (κ3) is 0.924. The first kappa shape index (κ1) is 5.06. The molecule has 0 saturated carbocycles. The molecule has 1 rings (SSSR count). The summed E-state index contributed by atoms with van der Waals surface area (Å²) < 4.78 is 0. The van der Waals surface area contributed by atoms with Crippen LogP contribution in [0.1, 0.15) is 13.8 Å². The fraction of sp³-hybridized carbons (Fsp3) is 0.800. The van der Waals surface area contributed by atoms with Crippen LogP contribution in [-0.2, 0) is 0 Å². The van der Waals surface area contributed by atoms with Gasteiger partial charge in [-0.15, -0.1) is 0 Å². The van der Waals surface area contributed by atoms with E-state index in [1.165, 1.54) is 0 Å². The zero-order chi connectivity index (χ0) is 5.28. The van der Waals surface area contributed by atoms with Gasteiger partial charge in [0.25, 0.3) is 0 Å². The Labute approximate surface area is 44.3 Å². The van der Waals surface area contributed by atoms with Crippen molar-refractivity contribution in [2.24, 2.45) is 0 Å². The molecule has 1 saturated heterocycles. The summed E-state index contributed by atoms with van der Waals surface area (Å²) >= 11 is 0. The van der Waals surface area contributed by atoms with Gasteiger partial charge in [-0.25, -0.2) is 0 Å². The summed E-state index contributed by atoms with van der Waals surface area (Å²) in [6.07, 6.45) is 0. The third-order valence-corrected chi connectivity index (χ3v) is 1.35. The molecular formula is C5H10N2. The summed E-state index contributed by atoms with van der Waals surface area (Å²) in [7, 11) is 0. The lowest BCUT2D eigenvalue weighted by atomic mass is 10.2. The predicted molar refractivity (Wildman–Crippen MR) is 28.4 cm³/mol. The zero-order valence-electron chi connectivity index (χ0n) is 4.65. The van der Waals surface area contributed by atoms with Crippen LogP contribution in [0.4, 0.5) is 0 Å². The van der Waals surface area contributed by atoms with Crippen LogP contribution in [0.5, 0.6) is 0 Å². The van der Waals surface area contributed by atoms with E-state index in [1.54, 1.807) is 0 Å². The summed E-state index contributed by atoms with van der Waals surface area (Å²) in [5.74, 6) is 0. The van der Waals surface area contributed by atoms with E-state index in [0.29, 0.717) is 12.1 Å². The minimum Gasteiger partial charge on any atom is -0.290 e. The Morgan fingerprint density at radius 3 is 1.71 bits per heavy atom. The topological polar surface area (TPSA) is 24.1 Å². The monoisotopic (exact) mass is 98.1 g/mol. The first-order valence-electron chi connectivity index (χ1n) is 2.57. The van der Waals surface area contributed by atoms with Gasteiger partial charge in [-0.1, -0.05) is 0 Å². The molecule has 1 aliphatic heterocycles. The summed E-state index contributed by atoms with van der Waals surface area (Å²) in [5.41, 5.74) is 0. The van der Waals surface area contributed by atoms with E-state index >= 15 is 0 Å². The van der Waals surface area contributed by atoms with Crippen LogP contribution in [0.15, 0.2) is 0 Å². The molecule has 1 fully saturated rings. The molecule has 0 aromatic rings. The normalized spacial score (nSPS) is 42.0. The molecule has 7 heavy (non-hydrogen) atoms. The second-order valence-corrected chi connectivity index (χ2v) is 1.99. The summed E-state index contributed by atoms with van der Waals surface area (Å²) in [6.45, 7) is 7.07. The molecule has 1 aliphatic rings. The number of hydrogen-bond donors (Lipinski definition) is 2. The van der Waals surface area contributed by atoms with Crippen LogP contribution >= 0.6 is 0 Å². The van der Waals surface area contributed by atoms with Gasteiger partial charge in [0, 0.05) is 12.1 Å². The van der Waals surface area contributed by atoms with Crippen molar-refractivity contribution in [2.45, 2.75) is 25.9 Å². The van der Waals surface area contributed by atoms with Crippen LogP contribution in [0.25, 0.3) is 0 Å². The SMILES string of the molecule is CC1N[C]NC1C. The molecule has 2 nitrogen and oxygen atoms in total. The van der Waals surface area contributed by atoms with Gasteiger partial charge in [0.05, 0.1) is 0 Å². The molecule has 2 heteroatoms. The van der Waals surface area contributed by atoms with Crippen LogP contribution in [0.2, 0.25) is 0 Å². The first-order valence-corrected chi connectivity index (χ1v) is 2.57. The second kappa shape index (κ2) is 1.80. The lowest BCUT2D eigenvalue weighted by molar-refractivity contribution is 0.583. The molecule has 1 heterocycles. The molecule has 2 radical (unpaired) electrons. The van der Waals surface area contributed by atoms with Crippen molar-refractivity contribution in [1.29, 1.82) is 0 Å². The molecule has 0 bridgehead atoms. The predicted octanol–water partition coefficient (Wildman–Crippen LogP) is -0.0475. The molecule has 0 aromatic heterocycles. The molecule has 0 amide bonds. The molecular weight excluding hydrogens is 88.1 g/mol. The highest BCUT2D eigenvalue weighted by Gasteiger charge is 2.16. The molecule has 2 unspecified atom stereocenters. The standard InChI is InChI=1S/C5H10N2/c1-4-5(2)7-3-6-4/h4-7H,1-2H3. The highest BCUT2D eigenvalue weighted by atomic mass is 15.2.